The summed E-state index contributed by atoms with van der Waals surface area (Å²) < 4.78 is 40.9. The number of Topliss-reactive ketones (excluding diaryl/α,β-unsaturated/α-hetero) is 1. The third-order valence-electron chi connectivity index (χ3n) is 1.79. The Morgan fingerprint density at radius 3 is 2.88 bits per heavy atom. The highest BCUT2D eigenvalue weighted by Gasteiger charge is 2.11. The summed E-state index contributed by atoms with van der Waals surface area (Å²) in [5, 5.41) is 0. The number of ketones is 1. The lowest BCUT2D eigenvalue weighted by molar-refractivity contribution is 0.0169. The highest BCUT2D eigenvalue weighted by atomic mass is 19.3. The van der Waals surface area contributed by atoms with Gasteiger partial charge in [0.1, 0.15) is 6.61 Å². The van der Waals surface area contributed by atoms with Crippen molar-refractivity contribution in [3.05, 3.63) is 29.8 Å². The van der Waals surface area contributed by atoms with Crippen molar-refractivity contribution < 1.29 is 22.7 Å². The summed E-state index contributed by atoms with van der Waals surface area (Å²) in [5.41, 5.74) is -0.101. The van der Waals surface area contributed by atoms with Gasteiger partial charge in [-0.25, -0.2) is 13.2 Å². The number of halogens is 3. The van der Waals surface area contributed by atoms with Gasteiger partial charge >= 0.3 is 0 Å². The van der Waals surface area contributed by atoms with Gasteiger partial charge in [0.25, 0.3) is 6.43 Å². The third-order valence-corrected chi connectivity index (χ3v) is 1.79. The minimum Gasteiger partial charge on any atom is -0.375 e. The molecule has 0 aliphatic carbocycles. The number of carbonyl (C=O) groups is 1. The largest absolute Gasteiger partial charge is 0.375 e. The van der Waals surface area contributed by atoms with Gasteiger partial charge in [0.05, 0.1) is 18.4 Å². The molecule has 0 amide bonds. The van der Waals surface area contributed by atoms with E-state index in [1.54, 1.807) is 0 Å². The Labute approximate surface area is 90.2 Å². The Bertz CT molecular complexity index is 358. The topological polar surface area (TPSA) is 39.2 Å². The molecule has 88 valence electrons. The highest BCUT2D eigenvalue weighted by Crippen LogP contribution is 2.07. The molecule has 0 aliphatic rings. The van der Waals surface area contributed by atoms with Crippen molar-refractivity contribution >= 4 is 5.78 Å². The van der Waals surface area contributed by atoms with Crippen LogP contribution in [0.5, 0.6) is 0 Å². The normalized spacial score (nSPS) is 10.8. The third kappa shape index (κ3) is 3.98. The number of carbonyl (C=O) groups excluding carboxylic acids is 1. The van der Waals surface area contributed by atoms with Gasteiger partial charge in [0, 0.05) is 12.6 Å². The van der Waals surface area contributed by atoms with Crippen LogP contribution in [-0.4, -0.2) is 30.4 Å². The predicted octanol–water partition coefficient (Wildman–Crippen LogP) is 2.08. The molecule has 0 unspecified atom stereocenters. The van der Waals surface area contributed by atoms with E-state index in [9.17, 15) is 18.0 Å². The van der Waals surface area contributed by atoms with E-state index >= 15 is 0 Å². The number of hydrogen-bond acceptors (Lipinski definition) is 3. The maximum atomic E-state index is 13.0. The molecule has 0 radical (unpaired) electrons. The number of nitrogens with zero attached hydrogens (tertiary/aromatic N) is 1. The van der Waals surface area contributed by atoms with Crippen LogP contribution in [0.1, 0.15) is 16.8 Å². The summed E-state index contributed by atoms with van der Waals surface area (Å²) in [7, 11) is 0. The fourth-order valence-corrected chi connectivity index (χ4v) is 1.07. The van der Waals surface area contributed by atoms with E-state index < -0.39 is 24.6 Å². The molecule has 0 bridgehead atoms. The van der Waals surface area contributed by atoms with Crippen LogP contribution in [0.15, 0.2) is 18.5 Å². The molecule has 1 aromatic heterocycles. The van der Waals surface area contributed by atoms with E-state index in [1.807, 2.05) is 0 Å². The molecular weight excluding hydrogens is 223 g/mol. The standard InChI is InChI=1S/C10H10F3NO2/c11-8-5-14-3-1-7(8)9(15)2-4-16-6-10(12)13/h1,3,5,10H,2,4,6H2. The van der Waals surface area contributed by atoms with Crippen LogP contribution in [0.25, 0.3) is 0 Å². The Morgan fingerprint density at radius 1 is 1.50 bits per heavy atom. The molecule has 16 heavy (non-hydrogen) atoms. The lowest BCUT2D eigenvalue weighted by atomic mass is 10.1. The van der Waals surface area contributed by atoms with E-state index in [0.29, 0.717) is 0 Å². The molecule has 0 N–H and O–H groups in total. The Hall–Kier alpha value is -1.43. The van der Waals surface area contributed by atoms with Crippen molar-refractivity contribution in [3.8, 4) is 0 Å². The average molecular weight is 233 g/mol. The number of hydrogen-bond donors (Lipinski definition) is 0. The molecule has 0 aliphatic heterocycles. The van der Waals surface area contributed by atoms with Gasteiger partial charge < -0.3 is 4.74 Å². The zero-order chi connectivity index (χ0) is 12.0. The Morgan fingerprint density at radius 2 is 2.25 bits per heavy atom. The summed E-state index contributed by atoms with van der Waals surface area (Å²) in [5.74, 6) is -1.21. The predicted molar refractivity (Wildman–Crippen MR) is 50.0 cm³/mol. The maximum Gasteiger partial charge on any atom is 0.261 e. The molecule has 1 rings (SSSR count). The van der Waals surface area contributed by atoms with Crippen LogP contribution in [0.3, 0.4) is 0 Å². The van der Waals surface area contributed by atoms with Gasteiger partial charge in [0.2, 0.25) is 0 Å². The van der Waals surface area contributed by atoms with Crippen LogP contribution in [0, 0.1) is 5.82 Å². The molecule has 6 heteroatoms. The van der Waals surface area contributed by atoms with Crippen LogP contribution in [-0.2, 0) is 4.74 Å². The molecular formula is C10H10F3NO2. The van der Waals surface area contributed by atoms with E-state index in [2.05, 4.69) is 9.72 Å². The first-order valence-electron chi connectivity index (χ1n) is 4.60. The van der Waals surface area contributed by atoms with Gasteiger partial charge in [-0.1, -0.05) is 0 Å². The average Bonchev–Trinajstić information content (AvgIpc) is 2.24. The molecule has 1 heterocycles. The first kappa shape index (κ1) is 12.6. The van der Waals surface area contributed by atoms with E-state index in [4.69, 9.17) is 0 Å². The highest BCUT2D eigenvalue weighted by molar-refractivity contribution is 5.96. The van der Waals surface area contributed by atoms with Crippen molar-refractivity contribution in [2.45, 2.75) is 12.8 Å². The summed E-state index contributed by atoms with van der Waals surface area (Å²) in [6.45, 7) is -0.864. The molecule has 1 aromatic rings. The lowest BCUT2D eigenvalue weighted by Crippen LogP contribution is -2.10. The van der Waals surface area contributed by atoms with Gasteiger partial charge in [-0.05, 0) is 6.07 Å². The Balaban J connectivity index is 2.39. The number of aromatic nitrogens is 1. The van der Waals surface area contributed by atoms with Crippen LogP contribution in [0.4, 0.5) is 13.2 Å². The number of alkyl halides is 2. The second-order valence-corrected chi connectivity index (χ2v) is 2.99. The van der Waals surface area contributed by atoms with E-state index in [-0.39, 0.29) is 18.6 Å². The maximum absolute atomic E-state index is 13.0. The zero-order valence-corrected chi connectivity index (χ0v) is 8.33. The molecule has 0 atom stereocenters. The summed E-state index contributed by atoms with van der Waals surface area (Å²) in [6.07, 6.45) is -0.482. The molecule has 0 aromatic carbocycles. The molecule has 0 fully saturated rings. The quantitative estimate of drug-likeness (QED) is 0.557. The summed E-state index contributed by atoms with van der Waals surface area (Å²) in [6, 6.07) is 1.24. The SMILES string of the molecule is O=C(CCOCC(F)F)c1ccncc1F. The van der Waals surface area contributed by atoms with Crippen molar-refractivity contribution in [1.29, 1.82) is 0 Å². The summed E-state index contributed by atoms with van der Waals surface area (Å²) >= 11 is 0. The monoisotopic (exact) mass is 233 g/mol. The van der Waals surface area contributed by atoms with Gasteiger partial charge in [-0.15, -0.1) is 0 Å². The van der Waals surface area contributed by atoms with Crippen molar-refractivity contribution in [2.24, 2.45) is 0 Å². The van der Waals surface area contributed by atoms with Crippen LogP contribution >= 0.6 is 0 Å². The van der Waals surface area contributed by atoms with Crippen molar-refractivity contribution in [2.75, 3.05) is 13.2 Å². The number of ether oxygens (including phenoxy) is 1. The van der Waals surface area contributed by atoms with Crippen molar-refractivity contribution in [3.63, 3.8) is 0 Å². The smallest absolute Gasteiger partial charge is 0.261 e. The van der Waals surface area contributed by atoms with Crippen molar-refractivity contribution in [1.82, 2.24) is 4.98 Å². The minimum atomic E-state index is -2.56. The fourth-order valence-electron chi connectivity index (χ4n) is 1.07. The molecule has 3 nitrogen and oxygen atoms in total. The number of pyridine rings is 1. The zero-order valence-electron chi connectivity index (χ0n) is 8.33. The van der Waals surface area contributed by atoms with E-state index in [1.165, 1.54) is 12.3 Å². The second kappa shape index (κ2) is 6.22. The minimum absolute atomic E-state index is 0.101. The van der Waals surface area contributed by atoms with Crippen LogP contribution < -0.4 is 0 Å². The van der Waals surface area contributed by atoms with Crippen LogP contribution in [0.2, 0.25) is 0 Å². The lowest BCUT2D eigenvalue weighted by Gasteiger charge is -2.03. The molecule has 0 spiro atoms. The first-order chi connectivity index (χ1) is 7.61. The molecule has 0 saturated carbocycles. The Kier molecular flexibility index (Phi) is 4.91. The second-order valence-electron chi connectivity index (χ2n) is 2.99. The molecule has 0 saturated heterocycles. The summed E-state index contributed by atoms with van der Waals surface area (Å²) in [4.78, 5) is 14.9. The fraction of sp³-hybridized carbons (Fsp3) is 0.400. The first-order valence-corrected chi connectivity index (χ1v) is 4.60. The number of rotatable bonds is 6. The van der Waals surface area contributed by atoms with Gasteiger partial charge in [-0.2, -0.15) is 0 Å². The van der Waals surface area contributed by atoms with Gasteiger partial charge in [0.15, 0.2) is 11.6 Å². The van der Waals surface area contributed by atoms with E-state index in [0.717, 1.165) is 6.20 Å². The van der Waals surface area contributed by atoms with Gasteiger partial charge in [-0.3, -0.25) is 9.78 Å².